The Kier molecular flexibility index (Phi) is 1.08. The summed E-state index contributed by atoms with van der Waals surface area (Å²) >= 11 is 5.05. The van der Waals surface area contributed by atoms with Crippen molar-refractivity contribution in [2.24, 2.45) is 0 Å². The molecule has 0 aromatic carbocycles. The molecule has 0 aromatic rings. The predicted octanol–water partition coefficient (Wildman–Crippen LogP) is 1.38. The summed E-state index contributed by atoms with van der Waals surface area (Å²) in [5, 5.41) is 0. The normalized spacial score (nSPS) is 54.4. The van der Waals surface area contributed by atoms with E-state index in [1.165, 1.54) is 0 Å². The van der Waals surface area contributed by atoms with Crippen LogP contribution >= 0.6 is 18.2 Å². The van der Waals surface area contributed by atoms with Gasteiger partial charge in [0.1, 0.15) is 0 Å². The molecule has 1 fully saturated rings. The molecule has 0 bridgehead atoms. The van der Waals surface area contributed by atoms with Crippen LogP contribution in [0.5, 0.6) is 0 Å². The second-order valence-electron chi connectivity index (χ2n) is 0.998. The summed E-state index contributed by atoms with van der Waals surface area (Å²) in [6, 6.07) is 0. The van der Waals surface area contributed by atoms with Crippen LogP contribution in [-0.4, -0.2) is 13.2 Å². The molecule has 7 heavy (non-hydrogen) atoms. The molecule has 2 unspecified atom stereocenters. The fourth-order valence-electron chi connectivity index (χ4n) is 0.269. The van der Waals surface area contributed by atoms with E-state index in [2.05, 4.69) is 9.05 Å². The van der Waals surface area contributed by atoms with E-state index in [9.17, 15) is 4.57 Å². The van der Waals surface area contributed by atoms with Gasteiger partial charge in [0.2, 0.25) is 0 Å². The third kappa shape index (κ3) is 1.42. The summed E-state index contributed by atoms with van der Waals surface area (Å²) in [6.07, 6.45) is 0. The Hall–Kier alpha value is 0.440. The topological polar surface area (TPSA) is 35.5 Å². The third-order valence-electron chi connectivity index (χ3n) is 0.497. The monoisotopic (exact) mass is 143 g/mol. The molecule has 0 aliphatic carbocycles. The average Bonchev–Trinajstić information content (AvgIpc) is 1.82. The Balaban J connectivity index is 2.57. The van der Waals surface area contributed by atoms with Gasteiger partial charge < -0.3 is 0 Å². The van der Waals surface area contributed by atoms with Gasteiger partial charge in [-0.05, 0) is 0 Å². The maximum atomic E-state index is 10.4. The summed E-state index contributed by atoms with van der Waals surface area (Å²) in [5.74, 6) is 0. The Morgan fingerprint density at radius 3 is 2.71 bits per heavy atom. The predicted molar refractivity (Wildman–Crippen MR) is 25.4 cm³/mol. The summed E-state index contributed by atoms with van der Waals surface area (Å²) in [7, 11) is 0. The largest absolute Gasteiger partial charge is 0.424 e. The van der Waals surface area contributed by atoms with Gasteiger partial charge in [0, 0.05) is 11.2 Å². The van der Waals surface area contributed by atoms with Crippen LogP contribution in [0.4, 0.5) is 0 Å². The molecule has 42 valence electrons. The van der Waals surface area contributed by atoms with E-state index >= 15 is 0 Å². The minimum absolute atomic E-state index is 0.000772. The van der Waals surface area contributed by atoms with E-state index in [-0.39, 0.29) is 6.61 Å². The lowest BCUT2D eigenvalue weighted by molar-refractivity contribution is 0.365. The lowest BCUT2D eigenvalue weighted by Gasteiger charge is -1.93. The Labute approximate surface area is 47.3 Å². The van der Waals surface area contributed by atoms with Crippen LogP contribution in [0.3, 0.4) is 0 Å². The second kappa shape index (κ2) is 1.75. The van der Waals surface area contributed by atoms with Crippen LogP contribution in [0.25, 0.3) is 0 Å². The van der Waals surface area contributed by atoms with E-state index in [1.54, 1.807) is 0 Å². The van der Waals surface area contributed by atoms with Gasteiger partial charge in [-0.15, -0.1) is 0 Å². The molecule has 0 radical (unpaired) electrons. The zero-order valence-electron chi connectivity index (χ0n) is 4.33. The Morgan fingerprint density at radius 1 is 1.86 bits per heavy atom. The number of rotatable bonds is 0. The minimum Gasteiger partial charge on any atom is -0.294 e. The number of hydrogen-bond donors (Lipinski definition) is 0. The van der Waals surface area contributed by atoms with Crippen LogP contribution in [0.1, 0.15) is 1.37 Å². The Morgan fingerprint density at radius 2 is 2.57 bits per heavy atom. The molecule has 1 aliphatic heterocycles. The SMILES string of the molecule is [2H]C1COP(=O)(Cl)O1. The van der Waals surface area contributed by atoms with Crippen molar-refractivity contribution in [3.63, 3.8) is 0 Å². The molecule has 5 heteroatoms. The molecular formula is C2H4ClO3P. The summed E-state index contributed by atoms with van der Waals surface area (Å²) in [5.41, 5.74) is 0. The lowest BCUT2D eigenvalue weighted by atomic mass is 10.8. The van der Waals surface area contributed by atoms with Crippen LogP contribution < -0.4 is 0 Å². The van der Waals surface area contributed by atoms with Crippen molar-refractivity contribution in [2.75, 3.05) is 13.2 Å². The van der Waals surface area contributed by atoms with Crippen molar-refractivity contribution >= 4 is 18.2 Å². The molecule has 1 heterocycles. The first-order valence-electron chi connectivity index (χ1n) is 2.23. The summed E-state index contributed by atoms with van der Waals surface area (Å²) in [4.78, 5) is 0. The van der Waals surface area contributed by atoms with E-state index in [1.807, 2.05) is 0 Å². The smallest absolute Gasteiger partial charge is 0.294 e. The van der Waals surface area contributed by atoms with Crippen molar-refractivity contribution in [3.05, 3.63) is 0 Å². The lowest BCUT2D eigenvalue weighted by Crippen LogP contribution is -1.79. The van der Waals surface area contributed by atoms with Gasteiger partial charge in [0.05, 0.1) is 14.6 Å². The fourth-order valence-corrected chi connectivity index (χ4v) is 1.15. The van der Waals surface area contributed by atoms with Gasteiger partial charge in [-0.1, -0.05) is 0 Å². The molecular weight excluding hydrogens is 138 g/mol. The van der Waals surface area contributed by atoms with Crippen molar-refractivity contribution < 1.29 is 15.0 Å². The molecule has 0 aromatic heterocycles. The van der Waals surface area contributed by atoms with Gasteiger partial charge >= 0.3 is 6.95 Å². The van der Waals surface area contributed by atoms with E-state index in [4.69, 9.17) is 12.6 Å². The molecule has 0 spiro atoms. The summed E-state index contributed by atoms with van der Waals surface area (Å²) < 4.78 is 25.9. The average molecular weight is 143 g/mol. The zero-order chi connectivity index (χ0) is 6.20. The minimum atomic E-state index is -3.31. The van der Waals surface area contributed by atoms with Gasteiger partial charge in [0.25, 0.3) is 0 Å². The molecule has 1 rings (SSSR count). The van der Waals surface area contributed by atoms with Gasteiger partial charge in [-0.25, -0.2) is 4.57 Å². The number of halogens is 1. The molecule has 1 saturated heterocycles. The fraction of sp³-hybridized carbons (Fsp3) is 1.00. The summed E-state index contributed by atoms with van der Waals surface area (Å²) in [6.45, 7) is -4.19. The molecule has 0 N–H and O–H groups in total. The molecule has 2 atom stereocenters. The highest BCUT2D eigenvalue weighted by Crippen LogP contribution is 2.56. The van der Waals surface area contributed by atoms with Crippen molar-refractivity contribution in [1.82, 2.24) is 0 Å². The maximum absolute atomic E-state index is 10.4. The third-order valence-corrected chi connectivity index (χ3v) is 1.89. The highest BCUT2D eigenvalue weighted by atomic mass is 35.7. The molecule has 0 saturated carbocycles. The first-order valence-corrected chi connectivity index (χ1v) is 4.10. The maximum Gasteiger partial charge on any atom is 0.424 e. The highest BCUT2D eigenvalue weighted by molar-refractivity contribution is 7.81. The van der Waals surface area contributed by atoms with Crippen LogP contribution in [0.2, 0.25) is 0 Å². The van der Waals surface area contributed by atoms with E-state index in [0.717, 1.165) is 0 Å². The van der Waals surface area contributed by atoms with Gasteiger partial charge in [-0.3, -0.25) is 9.05 Å². The van der Waals surface area contributed by atoms with Crippen LogP contribution in [0, 0.1) is 0 Å². The second-order valence-corrected chi connectivity index (χ2v) is 3.57. The van der Waals surface area contributed by atoms with Crippen molar-refractivity contribution in [2.45, 2.75) is 0 Å². The van der Waals surface area contributed by atoms with Crippen LogP contribution in [-0.2, 0) is 13.6 Å². The molecule has 3 nitrogen and oxygen atoms in total. The molecule has 1 aliphatic rings. The van der Waals surface area contributed by atoms with E-state index in [0.29, 0.717) is 0 Å². The zero-order valence-corrected chi connectivity index (χ0v) is 4.98. The standard InChI is InChI=1S/C2H4ClO3P/c3-7(4)5-1-2-6-7/h1-2H2/i1D. The quantitative estimate of drug-likeness (QED) is 0.481. The first-order chi connectivity index (χ1) is 3.60. The highest BCUT2D eigenvalue weighted by Gasteiger charge is 2.25. The van der Waals surface area contributed by atoms with Crippen LogP contribution in [0.15, 0.2) is 0 Å². The van der Waals surface area contributed by atoms with Gasteiger partial charge in [0.15, 0.2) is 0 Å². The molecule has 0 amide bonds. The van der Waals surface area contributed by atoms with Gasteiger partial charge in [-0.2, -0.15) is 0 Å². The van der Waals surface area contributed by atoms with E-state index < -0.39 is 13.5 Å². The first kappa shape index (κ1) is 4.33. The van der Waals surface area contributed by atoms with Crippen molar-refractivity contribution in [3.8, 4) is 0 Å². The van der Waals surface area contributed by atoms with Crippen molar-refractivity contribution in [1.29, 1.82) is 0 Å². The number of hydrogen-bond acceptors (Lipinski definition) is 3. The Bertz CT molecular complexity index is 139.